The summed E-state index contributed by atoms with van der Waals surface area (Å²) in [6.07, 6.45) is 1.51. The topological polar surface area (TPSA) is 107 Å². The van der Waals surface area contributed by atoms with Crippen molar-refractivity contribution in [2.24, 2.45) is 7.05 Å². The fourth-order valence-corrected chi connectivity index (χ4v) is 4.51. The van der Waals surface area contributed by atoms with Crippen molar-refractivity contribution >= 4 is 16.9 Å². The third-order valence-corrected chi connectivity index (χ3v) is 6.16. The minimum Gasteiger partial charge on any atom is -0.506 e. The number of hydrogen-bond acceptors (Lipinski definition) is 4. The summed E-state index contributed by atoms with van der Waals surface area (Å²) in [6.45, 7) is 6.93. The number of H-pyrrole nitrogens is 1. The zero-order valence-electron chi connectivity index (χ0n) is 17.7. The lowest BCUT2D eigenvalue weighted by Gasteiger charge is -2.16. The van der Waals surface area contributed by atoms with Gasteiger partial charge in [0, 0.05) is 47.4 Å². The number of aromatic carboxylic acids is 1. The van der Waals surface area contributed by atoms with E-state index in [1.165, 1.54) is 5.69 Å². The van der Waals surface area contributed by atoms with E-state index in [1.54, 1.807) is 0 Å². The quantitative estimate of drug-likeness (QED) is 0.528. The van der Waals surface area contributed by atoms with Crippen molar-refractivity contribution < 1.29 is 15.0 Å². The van der Waals surface area contributed by atoms with E-state index in [-0.39, 0.29) is 5.92 Å². The largest absolute Gasteiger partial charge is 0.506 e. The van der Waals surface area contributed by atoms with E-state index >= 15 is 0 Å². The van der Waals surface area contributed by atoms with Gasteiger partial charge in [-0.25, -0.2) is 4.79 Å². The number of carbonyl (C=O) groups is 1. The molecular weight excluding hydrogens is 382 g/mol. The summed E-state index contributed by atoms with van der Waals surface area (Å²) < 4.78 is 2.17. The van der Waals surface area contributed by atoms with Gasteiger partial charge in [0.25, 0.3) is 5.56 Å². The van der Waals surface area contributed by atoms with Crippen molar-refractivity contribution in [1.29, 1.82) is 0 Å². The molecule has 0 unspecified atom stereocenters. The van der Waals surface area contributed by atoms with Gasteiger partial charge in [0.15, 0.2) is 5.56 Å². The van der Waals surface area contributed by atoms with Crippen molar-refractivity contribution in [2.45, 2.75) is 52.1 Å². The Morgan fingerprint density at radius 1 is 1.37 bits per heavy atom. The first kappa shape index (κ1) is 20.2. The molecule has 1 aliphatic rings. The lowest BCUT2D eigenvalue weighted by Crippen LogP contribution is -2.22. The first-order valence-corrected chi connectivity index (χ1v) is 10.3. The number of hydrogen-bond donors (Lipinski definition) is 4. The van der Waals surface area contributed by atoms with Crippen LogP contribution in [0.2, 0.25) is 0 Å². The number of fused-ring (bicyclic) bond motifs is 5. The standard InChI is InChI=1S/C23H27N3O4/c1-11(2)24-10-13-9-16-14-6-5-12(3)18-20(15(14)7-8-17(16)26(13)4)25-22(28)19(21(18)27)23(29)30/h7-9,11-12,24H,5-6,10H2,1-4H3,(H,29,30)(H2,25,27,28)/t12-/m0/s1. The van der Waals surface area contributed by atoms with E-state index < -0.39 is 22.8 Å². The van der Waals surface area contributed by atoms with Crippen LogP contribution in [0.25, 0.3) is 22.2 Å². The van der Waals surface area contributed by atoms with E-state index in [0.717, 1.165) is 41.4 Å². The molecule has 4 N–H and O–H groups in total. The summed E-state index contributed by atoms with van der Waals surface area (Å²) in [4.78, 5) is 26.7. The number of carboxylic acid groups (broad SMARTS) is 1. The monoisotopic (exact) mass is 409 g/mol. The summed E-state index contributed by atoms with van der Waals surface area (Å²) in [6, 6.07) is 6.55. The molecule has 0 fully saturated rings. The summed E-state index contributed by atoms with van der Waals surface area (Å²) >= 11 is 0. The van der Waals surface area contributed by atoms with Crippen molar-refractivity contribution in [1.82, 2.24) is 14.9 Å². The maximum Gasteiger partial charge on any atom is 0.345 e. The van der Waals surface area contributed by atoms with Crippen LogP contribution < -0.4 is 10.9 Å². The number of benzene rings is 1. The lowest BCUT2D eigenvalue weighted by molar-refractivity contribution is 0.0691. The Balaban J connectivity index is 1.96. The Morgan fingerprint density at radius 2 is 2.10 bits per heavy atom. The number of rotatable bonds is 4. The van der Waals surface area contributed by atoms with Crippen molar-refractivity contribution in [3.05, 3.63) is 50.9 Å². The van der Waals surface area contributed by atoms with Crippen molar-refractivity contribution in [3.63, 3.8) is 0 Å². The van der Waals surface area contributed by atoms with Gasteiger partial charge in [-0.1, -0.05) is 26.8 Å². The van der Waals surface area contributed by atoms with E-state index in [0.29, 0.717) is 17.3 Å². The van der Waals surface area contributed by atoms with E-state index in [1.807, 2.05) is 26.1 Å². The van der Waals surface area contributed by atoms with Crippen molar-refractivity contribution in [2.75, 3.05) is 0 Å². The van der Waals surface area contributed by atoms with E-state index in [2.05, 4.69) is 34.8 Å². The number of nitrogens with zero attached hydrogens (tertiary/aromatic N) is 1. The fraction of sp³-hybridized carbons (Fsp3) is 0.391. The lowest BCUT2D eigenvalue weighted by atomic mass is 9.93. The SMILES string of the molecule is CC(C)NCc1cc2c3c(ccc2n1C)-c1[nH]c(=O)c(C(=O)O)c(O)c1[C@@H](C)CC3. The molecule has 0 saturated carbocycles. The van der Waals surface area contributed by atoms with Gasteiger partial charge < -0.3 is 25.1 Å². The molecule has 0 radical (unpaired) electrons. The van der Waals surface area contributed by atoms with Crippen LogP contribution in [-0.2, 0) is 20.0 Å². The molecule has 158 valence electrons. The van der Waals surface area contributed by atoms with Gasteiger partial charge in [0.2, 0.25) is 0 Å². The van der Waals surface area contributed by atoms with Gasteiger partial charge in [-0.15, -0.1) is 0 Å². The van der Waals surface area contributed by atoms with Gasteiger partial charge in [-0.3, -0.25) is 4.79 Å². The molecule has 7 nitrogen and oxygen atoms in total. The second-order valence-corrected chi connectivity index (χ2v) is 8.47. The van der Waals surface area contributed by atoms with E-state index in [9.17, 15) is 19.8 Å². The minimum atomic E-state index is -1.42. The smallest absolute Gasteiger partial charge is 0.345 e. The maximum absolute atomic E-state index is 12.4. The van der Waals surface area contributed by atoms with Crippen LogP contribution in [0.5, 0.6) is 5.75 Å². The Hall–Kier alpha value is -3.06. The van der Waals surface area contributed by atoms with Crippen LogP contribution >= 0.6 is 0 Å². The van der Waals surface area contributed by atoms with Crippen molar-refractivity contribution in [3.8, 4) is 17.0 Å². The maximum atomic E-state index is 12.4. The zero-order chi connectivity index (χ0) is 21.7. The van der Waals surface area contributed by atoms with Gasteiger partial charge in [-0.2, -0.15) is 0 Å². The second kappa shape index (κ2) is 7.32. The average molecular weight is 409 g/mol. The molecule has 1 aliphatic carbocycles. The number of pyridine rings is 1. The molecule has 2 aromatic heterocycles. The molecule has 3 aromatic rings. The number of carboxylic acids is 1. The normalized spacial score (nSPS) is 15.8. The molecule has 2 heterocycles. The Morgan fingerprint density at radius 3 is 2.77 bits per heavy atom. The molecule has 4 rings (SSSR count). The number of aromatic nitrogens is 2. The molecular formula is C23H27N3O4. The highest BCUT2D eigenvalue weighted by Crippen LogP contribution is 2.43. The molecule has 0 spiro atoms. The van der Waals surface area contributed by atoms with Gasteiger partial charge in [0.05, 0.1) is 5.69 Å². The Labute approximate surface area is 174 Å². The van der Waals surface area contributed by atoms with Gasteiger partial charge >= 0.3 is 5.97 Å². The highest BCUT2D eigenvalue weighted by Gasteiger charge is 2.29. The number of aromatic amines is 1. The fourth-order valence-electron chi connectivity index (χ4n) is 4.51. The number of aryl methyl sites for hydroxylation is 2. The van der Waals surface area contributed by atoms with Crippen LogP contribution in [0, 0.1) is 0 Å². The predicted molar refractivity (Wildman–Crippen MR) is 116 cm³/mol. The molecule has 0 amide bonds. The third kappa shape index (κ3) is 3.10. The molecule has 30 heavy (non-hydrogen) atoms. The van der Waals surface area contributed by atoms with Crippen LogP contribution in [-0.4, -0.2) is 31.8 Å². The highest BCUT2D eigenvalue weighted by molar-refractivity contribution is 5.95. The molecule has 7 heteroatoms. The molecule has 0 saturated heterocycles. The third-order valence-electron chi connectivity index (χ3n) is 6.16. The Kier molecular flexibility index (Phi) is 4.94. The highest BCUT2D eigenvalue weighted by atomic mass is 16.4. The molecule has 0 aliphatic heterocycles. The molecule has 1 atom stereocenters. The van der Waals surface area contributed by atoms with Crippen LogP contribution in [0.15, 0.2) is 23.0 Å². The van der Waals surface area contributed by atoms with Gasteiger partial charge in [0.1, 0.15) is 5.75 Å². The average Bonchev–Trinajstić information content (AvgIpc) is 2.91. The first-order valence-electron chi connectivity index (χ1n) is 10.3. The summed E-state index contributed by atoms with van der Waals surface area (Å²) in [5.74, 6) is -1.94. The van der Waals surface area contributed by atoms with Gasteiger partial charge in [-0.05, 0) is 36.5 Å². The predicted octanol–water partition coefficient (Wildman–Crippen LogP) is 3.49. The zero-order valence-corrected chi connectivity index (χ0v) is 17.7. The molecule has 1 aromatic carbocycles. The van der Waals surface area contributed by atoms with E-state index in [4.69, 9.17) is 0 Å². The minimum absolute atomic E-state index is 0.0943. The first-order chi connectivity index (χ1) is 14.2. The Bertz CT molecular complexity index is 1220. The second-order valence-electron chi connectivity index (χ2n) is 8.47. The van der Waals surface area contributed by atoms with Crippen LogP contribution in [0.4, 0.5) is 0 Å². The number of nitrogens with one attached hydrogen (secondary N) is 2. The van der Waals surface area contributed by atoms with Crippen LogP contribution in [0.1, 0.15) is 60.3 Å². The summed E-state index contributed by atoms with van der Waals surface area (Å²) in [5, 5.41) is 24.6. The van der Waals surface area contributed by atoms with Crippen LogP contribution in [0.3, 0.4) is 0 Å². The number of aromatic hydroxyl groups is 1. The molecule has 0 bridgehead atoms. The summed E-state index contributed by atoms with van der Waals surface area (Å²) in [5.41, 5.74) is 3.89. The summed E-state index contributed by atoms with van der Waals surface area (Å²) in [7, 11) is 2.05.